The molecule has 1 aliphatic rings. The molecule has 1 amide bonds. The Hall–Kier alpha value is -1.89. The lowest BCUT2D eigenvalue weighted by Crippen LogP contribution is -2.44. The molecule has 134 valence electrons. The van der Waals surface area contributed by atoms with Crippen LogP contribution in [0.3, 0.4) is 0 Å². The van der Waals surface area contributed by atoms with Crippen molar-refractivity contribution in [2.45, 2.75) is 13.5 Å². The van der Waals surface area contributed by atoms with Crippen LogP contribution in [0.1, 0.15) is 11.1 Å². The predicted molar refractivity (Wildman–Crippen MR) is 96.0 cm³/mol. The summed E-state index contributed by atoms with van der Waals surface area (Å²) in [5, 5.41) is 1.41. The maximum Gasteiger partial charge on any atom is 0.336 e. The lowest BCUT2D eigenvalue weighted by Gasteiger charge is -2.28. The fraction of sp³-hybridized carbons (Fsp3) is 0.444. The standard InChI is InChI=1S/C18H21ClN2O4/c1-12-7-16-14(9-15(12)19)13(8-18(23)25-16)10-20(2)11-17(22)21-3-5-24-6-4-21/h7-9H,3-6,10-11H2,1-2H3. The van der Waals surface area contributed by atoms with Crippen LogP contribution in [0.25, 0.3) is 11.0 Å². The first kappa shape index (κ1) is 17.9. The molecule has 1 fully saturated rings. The van der Waals surface area contributed by atoms with E-state index in [1.165, 1.54) is 6.07 Å². The summed E-state index contributed by atoms with van der Waals surface area (Å²) >= 11 is 6.22. The highest BCUT2D eigenvalue weighted by molar-refractivity contribution is 6.32. The number of aryl methyl sites for hydroxylation is 1. The molecular formula is C18H21ClN2O4. The van der Waals surface area contributed by atoms with Crippen LogP contribution < -0.4 is 5.63 Å². The first-order valence-corrected chi connectivity index (χ1v) is 8.59. The van der Waals surface area contributed by atoms with E-state index in [0.29, 0.717) is 43.5 Å². The molecule has 0 saturated carbocycles. The highest BCUT2D eigenvalue weighted by Crippen LogP contribution is 2.25. The van der Waals surface area contributed by atoms with E-state index in [1.807, 2.05) is 24.9 Å². The minimum Gasteiger partial charge on any atom is -0.423 e. The van der Waals surface area contributed by atoms with Gasteiger partial charge in [-0.3, -0.25) is 9.69 Å². The van der Waals surface area contributed by atoms with Gasteiger partial charge < -0.3 is 14.1 Å². The zero-order chi connectivity index (χ0) is 18.0. The van der Waals surface area contributed by atoms with Crippen molar-refractivity contribution in [2.24, 2.45) is 0 Å². The van der Waals surface area contributed by atoms with Crippen molar-refractivity contribution in [3.63, 3.8) is 0 Å². The Morgan fingerprint density at radius 2 is 2.00 bits per heavy atom. The van der Waals surface area contributed by atoms with Crippen molar-refractivity contribution in [3.8, 4) is 0 Å². The molecule has 1 aliphatic heterocycles. The molecule has 0 radical (unpaired) electrons. The third-order valence-electron chi connectivity index (χ3n) is 4.32. The van der Waals surface area contributed by atoms with Crippen molar-refractivity contribution >= 4 is 28.5 Å². The Labute approximate surface area is 150 Å². The summed E-state index contributed by atoms with van der Waals surface area (Å²) in [5.74, 6) is 0.0620. The van der Waals surface area contributed by atoms with Crippen LogP contribution in [0.15, 0.2) is 27.4 Å². The highest BCUT2D eigenvalue weighted by Gasteiger charge is 2.19. The van der Waals surface area contributed by atoms with Crippen LogP contribution in [-0.2, 0) is 16.1 Å². The molecule has 0 unspecified atom stereocenters. The van der Waals surface area contributed by atoms with Gasteiger partial charge in [0.1, 0.15) is 5.58 Å². The molecule has 1 aromatic carbocycles. The van der Waals surface area contributed by atoms with E-state index in [2.05, 4.69) is 0 Å². The molecule has 2 heterocycles. The van der Waals surface area contributed by atoms with Gasteiger partial charge in [0.25, 0.3) is 0 Å². The van der Waals surface area contributed by atoms with E-state index in [-0.39, 0.29) is 12.5 Å². The van der Waals surface area contributed by atoms with Gasteiger partial charge >= 0.3 is 5.63 Å². The quantitative estimate of drug-likeness (QED) is 0.777. The van der Waals surface area contributed by atoms with Crippen molar-refractivity contribution in [3.05, 3.63) is 44.8 Å². The number of hydrogen-bond donors (Lipinski definition) is 0. The first-order chi connectivity index (χ1) is 11.9. The van der Waals surface area contributed by atoms with E-state index < -0.39 is 5.63 Å². The molecule has 3 rings (SSSR count). The maximum atomic E-state index is 12.4. The second-order valence-electron chi connectivity index (χ2n) is 6.35. The molecule has 2 aromatic rings. The number of nitrogens with zero attached hydrogens (tertiary/aromatic N) is 2. The first-order valence-electron chi connectivity index (χ1n) is 8.21. The number of likely N-dealkylation sites (N-methyl/N-ethyl adjacent to an activating group) is 1. The molecular weight excluding hydrogens is 344 g/mol. The van der Waals surface area contributed by atoms with Gasteiger partial charge in [-0.05, 0) is 37.2 Å². The SMILES string of the molecule is Cc1cc2oc(=O)cc(CN(C)CC(=O)N3CCOCC3)c2cc1Cl. The zero-order valence-electron chi connectivity index (χ0n) is 14.4. The van der Waals surface area contributed by atoms with E-state index in [4.69, 9.17) is 20.8 Å². The van der Waals surface area contributed by atoms with Crippen LogP contribution in [0.5, 0.6) is 0 Å². The summed E-state index contributed by atoms with van der Waals surface area (Å²) in [7, 11) is 1.86. The number of carbonyl (C=O) groups is 1. The molecule has 7 heteroatoms. The third-order valence-corrected chi connectivity index (χ3v) is 4.73. The molecule has 6 nitrogen and oxygen atoms in total. The Morgan fingerprint density at radius 3 is 2.72 bits per heavy atom. The molecule has 0 atom stereocenters. The summed E-state index contributed by atoms with van der Waals surface area (Å²) in [6.07, 6.45) is 0. The van der Waals surface area contributed by atoms with E-state index in [9.17, 15) is 9.59 Å². The van der Waals surface area contributed by atoms with Crippen molar-refractivity contribution in [2.75, 3.05) is 39.9 Å². The minimum absolute atomic E-state index is 0.0620. The second kappa shape index (κ2) is 7.56. The lowest BCUT2D eigenvalue weighted by atomic mass is 10.1. The predicted octanol–water partition coefficient (Wildman–Crippen LogP) is 2.05. The van der Waals surface area contributed by atoms with E-state index >= 15 is 0 Å². The molecule has 1 saturated heterocycles. The Morgan fingerprint density at radius 1 is 1.28 bits per heavy atom. The number of rotatable bonds is 4. The highest BCUT2D eigenvalue weighted by atomic mass is 35.5. The Bertz CT molecular complexity index is 843. The van der Waals surface area contributed by atoms with Crippen LogP contribution >= 0.6 is 11.6 Å². The Kier molecular flexibility index (Phi) is 5.42. The van der Waals surface area contributed by atoms with Crippen molar-refractivity contribution < 1.29 is 13.9 Å². The molecule has 0 aliphatic carbocycles. The van der Waals surface area contributed by atoms with Crippen molar-refractivity contribution in [1.82, 2.24) is 9.80 Å². The normalized spacial score (nSPS) is 15.1. The molecule has 25 heavy (non-hydrogen) atoms. The summed E-state index contributed by atoms with van der Waals surface area (Å²) < 4.78 is 10.5. The van der Waals surface area contributed by atoms with Crippen molar-refractivity contribution in [1.29, 1.82) is 0 Å². The number of ether oxygens (including phenoxy) is 1. The number of morpholine rings is 1. The van der Waals surface area contributed by atoms with Gasteiger partial charge in [-0.1, -0.05) is 11.6 Å². The summed E-state index contributed by atoms with van der Waals surface area (Å²) in [4.78, 5) is 27.9. The summed E-state index contributed by atoms with van der Waals surface area (Å²) in [5.41, 5.74) is 1.75. The van der Waals surface area contributed by atoms with Crippen LogP contribution in [0.2, 0.25) is 5.02 Å². The lowest BCUT2D eigenvalue weighted by molar-refractivity contribution is -0.136. The topological polar surface area (TPSA) is 63.0 Å². The summed E-state index contributed by atoms with van der Waals surface area (Å²) in [6.45, 7) is 5.01. The summed E-state index contributed by atoms with van der Waals surface area (Å²) in [6, 6.07) is 5.04. The van der Waals surface area contributed by atoms with Gasteiger partial charge in [-0.2, -0.15) is 0 Å². The molecule has 0 spiro atoms. The van der Waals surface area contributed by atoms with Gasteiger partial charge in [0.05, 0.1) is 19.8 Å². The van der Waals surface area contributed by atoms with Crippen LogP contribution in [0, 0.1) is 6.92 Å². The molecule has 1 aromatic heterocycles. The van der Waals surface area contributed by atoms with Crippen LogP contribution in [-0.4, -0.2) is 55.6 Å². The van der Waals surface area contributed by atoms with Gasteiger partial charge in [0.15, 0.2) is 0 Å². The smallest absolute Gasteiger partial charge is 0.336 e. The van der Waals surface area contributed by atoms with Gasteiger partial charge in [-0.25, -0.2) is 4.79 Å². The number of hydrogen-bond acceptors (Lipinski definition) is 5. The van der Waals surface area contributed by atoms with Crippen LogP contribution in [0.4, 0.5) is 0 Å². The number of amides is 1. The minimum atomic E-state index is -0.405. The maximum absolute atomic E-state index is 12.4. The largest absolute Gasteiger partial charge is 0.423 e. The number of fused-ring (bicyclic) bond motifs is 1. The number of benzene rings is 1. The van der Waals surface area contributed by atoms with Gasteiger partial charge in [-0.15, -0.1) is 0 Å². The second-order valence-corrected chi connectivity index (χ2v) is 6.76. The average Bonchev–Trinajstić information content (AvgIpc) is 2.57. The fourth-order valence-corrected chi connectivity index (χ4v) is 3.13. The monoisotopic (exact) mass is 364 g/mol. The van der Waals surface area contributed by atoms with Gasteiger partial charge in [0, 0.05) is 36.1 Å². The third kappa shape index (κ3) is 4.21. The fourth-order valence-electron chi connectivity index (χ4n) is 2.97. The average molecular weight is 365 g/mol. The van der Waals surface area contributed by atoms with Gasteiger partial charge in [0.2, 0.25) is 5.91 Å². The zero-order valence-corrected chi connectivity index (χ0v) is 15.1. The number of carbonyl (C=O) groups excluding carboxylic acids is 1. The molecule has 0 bridgehead atoms. The van der Waals surface area contributed by atoms with E-state index in [0.717, 1.165) is 16.5 Å². The van der Waals surface area contributed by atoms with E-state index in [1.54, 1.807) is 11.0 Å². The number of halogens is 1. The Balaban J connectivity index is 1.78. The molecule has 0 N–H and O–H groups in total.